The Balaban J connectivity index is 1.25. The number of nitrogens with zero attached hydrogens (tertiary/aromatic N) is 5. The first-order chi connectivity index (χ1) is 14.2. The Kier molecular flexibility index (Phi) is 5.80. The van der Waals surface area contributed by atoms with E-state index < -0.39 is 0 Å². The van der Waals surface area contributed by atoms with E-state index in [4.69, 9.17) is 10.5 Å². The van der Waals surface area contributed by atoms with E-state index in [2.05, 4.69) is 30.6 Å². The number of nitrogens with one attached hydrogen (secondary N) is 1. The van der Waals surface area contributed by atoms with Gasteiger partial charge in [-0.2, -0.15) is 0 Å². The van der Waals surface area contributed by atoms with Crippen molar-refractivity contribution in [1.29, 1.82) is 0 Å². The molecule has 29 heavy (non-hydrogen) atoms. The molecule has 0 spiro atoms. The second-order valence-electron chi connectivity index (χ2n) is 6.69. The average molecular weight is 411 g/mol. The van der Waals surface area contributed by atoms with Crippen LogP contribution in [0.2, 0.25) is 0 Å². The molecule has 0 saturated carbocycles. The Hall–Kier alpha value is -3.27. The van der Waals surface area contributed by atoms with E-state index >= 15 is 0 Å². The molecule has 0 radical (unpaired) electrons. The van der Waals surface area contributed by atoms with Crippen LogP contribution in [0.15, 0.2) is 42.5 Å². The molecular formula is C19H21N7O2S. The maximum atomic E-state index is 12.1. The summed E-state index contributed by atoms with van der Waals surface area (Å²) in [5.74, 6) is 0.718. The number of benzene rings is 1. The summed E-state index contributed by atoms with van der Waals surface area (Å²) in [5, 5.41) is 20.1. The Morgan fingerprint density at radius 3 is 2.55 bits per heavy atom. The molecule has 1 aliphatic heterocycles. The summed E-state index contributed by atoms with van der Waals surface area (Å²) in [6.07, 6.45) is 2.04. The van der Waals surface area contributed by atoms with Crippen molar-refractivity contribution in [2.45, 2.75) is 25.4 Å². The van der Waals surface area contributed by atoms with E-state index in [0.717, 1.165) is 36.6 Å². The van der Waals surface area contributed by atoms with E-state index in [0.29, 0.717) is 23.3 Å². The highest BCUT2D eigenvalue weighted by atomic mass is 32.1. The first-order valence-corrected chi connectivity index (χ1v) is 10.2. The summed E-state index contributed by atoms with van der Waals surface area (Å²) in [6.45, 7) is 1.64. The number of hydrogen-bond acceptors (Lipinski definition) is 9. The minimum absolute atomic E-state index is 0.0596. The summed E-state index contributed by atoms with van der Waals surface area (Å²) < 4.78 is 5.93. The molecule has 2 aromatic heterocycles. The molecular weight excluding hydrogens is 390 g/mol. The fraction of sp³-hybridized carbons (Fsp3) is 0.316. The van der Waals surface area contributed by atoms with Crippen LogP contribution >= 0.6 is 11.3 Å². The van der Waals surface area contributed by atoms with Crippen LogP contribution in [0.4, 0.5) is 16.1 Å². The molecule has 0 aliphatic carbocycles. The number of hydrogen-bond donors (Lipinski definition) is 2. The standard InChI is InChI=1S/C19H21N7O2S/c20-18-24-25-19(29-18)26-10-8-14(9-11-26)28-17-7-6-15(22-23-17)21-16(27)12-13-4-2-1-3-5-13/h1-7,14H,8-12H2,(H2,20,24)(H,21,22,27). The lowest BCUT2D eigenvalue weighted by Crippen LogP contribution is -2.38. The van der Waals surface area contributed by atoms with Gasteiger partial charge < -0.3 is 20.7 Å². The summed E-state index contributed by atoms with van der Waals surface area (Å²) in [6, 6.07) is 13.0. The third kappa shape index (κ3) is 5.17. The van der Waals surface area contributed by atoms with Crippen molar-refractivity contribution in [3.8, 4) is 5.88 Å². The van der Waals surface area contributed by atoms with Gasteiger partial charge in [0.15, 0.2) is 5.82 Å². The summed E-state index contributed by atoms with van der Waals surface area (Å²) in [4.78, 5) is 14.3. The van der Waals surface area contributed by atoms with Gasteiger partial charge in [0, 0.05) is 32.0 Å². The molecule has 1 amide bonds. The molecule has 9 nitrogen and oxygen atoms in total. The lowest BCUT2D eigenvalue weighted by atomic mass is 10.1. The molecule has 3 aromatic rings. The van der Waals surface area contributed by atoms with Gasteiger partial charge in [-0.1, -0.05) is 41.7 Å². The number of piperidine rings is 1. The van der Waals surface area contributed by atoms with E-state index in [1.807, 2.05) is 30.3 Å². The van der Waals surface area contributed by atoms with Crippen molar-refractivity contribution in [3.05, 3.63) is 48.0 Å². The predicted octanol–water partition coefficient (Wildman–Crippen LogP) is 2.14. The molecule has 3 N–H and O–H groups in total. The molecule has 4 rings (SSSR count). The first-order valence-electron chi connectivity index (χ1n) is 9.34. The van der Waals surface area contributed by atoms with E-state index in [-0.39, 0.29) is 12.0 Å². The SMILES string of the molecule is Nc1nnc(N2CCC(Oc3ccc(NC(=O)Cc4ccccc4)nn3)CC2)s1. The highest BCUT2D eigenvalue weighted by Gasteiger charge is 2.23. The number of nitrogens with two attached hydrogens (primary N) is 1. The average Bonchev–Trinajstić information content (AvgIpc) is 3.17. The molecule has 1 saturated heterocycles. The topological polar surface area (TPSA) is 119 Å². The van der Waals surface area contributed by atoms with Gasteiger partial charge in [-0.25, -0.2) is 0 Å². The second-order valence-corrected chi connectivity index (χ2v) is 7.68. The quantitative estimate of drug-likeness (QED) is 0.633. The molecule has 1 aliphatic rings. The van der Waals surface area contributed by atoms with Gasteiger partial charge >= 0.3 is 0 Å². The third-order valence-corrected chi connectivity index (χ3v) is 5.36. The maximum absolute atomic E-state index is 12.1. The van der Waals surface area contributed by atoms with Crippen LogP contribution in [0.25, 0.3) is 0 Å². The number of ether oxygens (including phenoxy) is 1. The van der Waals surface area contributed by atoms with Gasteiger partial charge in [-0.3, -0.25) is 4.79 Å². The van der Waals surface area contributed by atoms with Crippen LogP contribution in [-0.4, -0.2) is 45.5 Å². The Morgan fingerprint density at radius 1 is 1.10 bits per heavy atom. The van der Waals surface area contributed by atoms with Crippen LogP contribution in [-0.2, 0) is 11.2 Å². The minimum atomic E-state index is -0.135. The number of rotatable bonds is 6. The lowest BCUT2D eigenvalue weighted by molar-refractivity contribution is -0.115. The van der Waals surface area contributed by atoms with Crippen LogP contribution < -0.4 is 20.7 Å². The van der Waals surface area contributed by atoms with Crippen molar-refractivity contribution in [2.24, 2.45) is 0 Å². The summed E-state index contributed by atoms with van der Waals surface area (Å²) >= 11 is 1.39. The normalized spacial score (nSPS) is 14.6. The molecule has 3 heterocycles. The van der Waals surface area contributed by atoms with Crippen molar-refractivity contribution < 1.29 is 9.53 Å². The molecule has 1 fully saturated rings. The van der Waals surface area contributed by atoms with Crippen LogP contribution in [0, 0.1) is 0 Å². The van der Waals surface area contributed by atoms with Crippen molar-refractivity contribution >= 4 is 33.3 Å². The number of anilines is 3. The van der Waals surface area contributed by atoms with E-state index in [1.54, 1.807) is 12.1 Å². The fourth-order valence-electron chi connectivity index (χ4n) is 3.11. The summed E-state index contributed by atoms with van der Waals surface area (Å²) in [5.41, 5.74) is 6.59. The fourth-order valence-corrected chi connectivity index (χ4v) is 3.77. The second kappa shape index (κ2) is 8.82. The zero-order valence-electron chi connectivity index (χ0n) is 15.7. The lowest BCUT2D eigenvalue weighted by Gasteiger charge is -2.31. The number of nitrogen functional groups attached to an aromatic ring is 1. The van der Waals surface area contributed by atoms with Crippen LogP contribution in [0.1, 0.15) is 18.4 Å². The molecule has 0 atom stereocenters. The molecule has 0 bridgehead atoms. The van der Waals surface area contributed by atoms with Crippen molar-refractivity contribution in [3.63, 3.8) is 0 Å². The monoisotopic (exact) mass is 411 g/mol. The van der Waals surface area contributed by atoms with Gasteiger partial charge in [0.2, 0.25) is 22.1 Å². The molecule has 10 heteroatoms. The maximum Gasteiger partial charge on any atom is 0.233 e. The van der Waals surface area contributed by atoms with Crippen LogP contribution in [0.5, 0.6) is 5.88 Å². The number of aromatic nitrogens is 4. The van der Waals surface area contributed by atoms with E-state index in [9.17, 15) is 4.79 Å². The summed E-state index contributed by atoms with van der Waals surface area (Å²) in [7, 11) is 0. The molecule has 0 unspecified atom stereocenters. The first kappa shape index (κ1) is 19.1. The van der Waals surface area contributed by atoms with E-state index in [1.165, 1.54) is 11.3 Å². The van der Waals surface area contributed by atoms with Gasteiger partial charge in [0.25, 0.3) is 0 Å². The number of carbonyl (C=O) groups is 1. The van der Waals surface area contributed by atoms with Gasteiger partial charge in [0.1, 0.15) is 6.10 Å². The Bertz CT molecular complexity index is 941. The third-order valence-electron chi connectivity index (χ3n) is 4.54. The Morgan fingerprint density at radius 2 is 1.90 bits per heavy atom. The van der Waals surface area contributed by atoms with Gasteiger partial charge in [-0.05, 0) is 11.6 Å². The van der Waals surface area contributed by atoms with Gasteiger partial charge in [-0.15, -0.1) is 20.4 Å². The van der Waals surface area contributed by atoms with Crippen LogP contribution in [0.3, 0.4) is 0 Å². The zero-order valence-corrected chi connectivity index (χ0v) is 16.5. The Labute approximate surface area is 171 Å². The number of carbonyl (C=O) groups excluding carboxylic acids is 1. The van der Waals surface area contributed by atoms with Gasteiger partial charge in [0.05, 0.1) is 6.42 Å². The highest BCUT2D eigenvalue weighted by Crippen LogP contribution is 2.26. The molecule has 1 aromatic carbocycles. The minimum Gasteiger partial charge on any atom is -0.473 e. The van der Waals surface area contributed by atoms with Crippen molar-refractivity contribution in [2.75, 3.05) is 29.0 Å². The zero-order chi connectivity index (χ0) is 20.1. The largest absolute Gasteiger partial charge is 0.473 e. The smallest absolute Gasteiger partial charge is 0.233 e. The number of amides is 1. The van der Waals surface area contributed by atoms with Crippen molar-refractivity contribution in [1.82, 2.24) is 20.4 Å². The predicted molar refractivity (Wildman–Crippen MR) is 111 cm³/mol. The highest BCUT2D eigenvalue weighted by molar-refractivity contribution is 7.18. The molecule has 150 valence electrons.